The van der Waals surface area contributed by atoms with Crippen molar-refractivity contribution in [1.82, 2.24) is 21.3 Å². The number of nitrogens with zero attached hydrogens (tertiary/aromatic N) is 1. The second-order valence-corrected chi connectivity index (χ2v) is 8.98. The Labute approximate surface area is 166 Å². The molecule has 4 rings (SSSR count). The first kappa shape index (κ1) is 19.4. The predicted molar refractivity (Wildman–Crippen MR) is 105 cm³/mol. The highest BCUT2D eigenvalue weighted by molar-refractivity contribution is 6.00. The van der Waals surface area contributed by atoms with Gasteiger partial charge in [0.25, 0.3) is 0 Å². The van der Waals surface area contributed by atoms with E-state index in [1.165, 1.54) is 0 Å². The summed E-state index contributed by atoms with van der Waals surface area (Å²) >= 11 is 0. The van der Waals surface area contributed by atoms with Crippen molar-refractivity contribution in [2.24, 2.45) is 17.8 Å². The van der Waals surface area contributed by atoms with E-state index < -0.39 is 0 Å². The van der Waals surface area contributed by atoms with Crippen LogP contribution >= 0.6 is 0 Å². The fraction of sp³-hybridized carbons (Fsp3) is 0.762. The Hall–Kier alpha value is -1.91. The molecule has 3 heterocycles. The summed E-state index contributed by atoms with van der Waals surface area (Å²) in [4.78, 5) is 25.4. The van der Waals surface area contributed by atoms with Crippen LogP contribution in [-0.4, -0.2) is 49.1 Å². The normalized spacial score (nSPS) is 40.2. The van der Waals surface area contributed by atoms with Gasteiger partial charge in [0.1, 0.15) is 0 Å². The topological polar surface area (TPSA) is 106 Å². The number of carbonyl (C=O) groups excluding carboxylic acids is 2. The molecule has 1 saturated carbocycles. The Morgan fingerprint density at radius 1 is 1.29 bits per heavy atom. The number of piperidine rings is 2. The monoisotopic (exact) mass is 385 g/mol. The molecule has 3 fully saturated rings. The zero-order valence-electron chi connectivity index (χ0n) is 16.8. The lowest BCUT2D eigenvalue weighted by Crippen LogP contribution is -2.57. The molecule has 4 aliphatic rings. The van der Waals surface area contributed by atoms with Gasteiger partial charge in [0.05, 0.1) is 18.4 Å². The van der Waals surface area contributed by atoms with E-state index in [0.29, 0.717) is 24.1 Å². The predicted octanol–water partition coefficient (Wildman–Crippen LogP) is 0.586. The Morgan fingerprint density at radius 2 is 2.11 bits per heavy atom. The fourth-order valence-electron chi connectivity index (χ4n) is 5.88. The first-order valence-corrected chi connectivity index (χ1v) is 10.6. The molecule has 0 bridgehead atoms. The third-order valence-corrected chi connectivity index (χ3v) is 7.30. The molecule has 0 spiro atoms. The van der Waals surface area contributed by atoms with Gasteiger partial charge in [-0.3, -0.25) is 9.59 Å². The lowest BCUT2D eigenvalue weighted by Gasteiger charge is -2.42. The van der Waals surface area contributed by atoms with Gasteiger partial charge in [-0.25, -0.2) is 0 Å². The van der Waals surface area contributed by atoms with Crippen LogP contribution in [-0.2, 0) is 9.59 Å². The van der Waals surface area contributed by atoms with Gasteiger partial charge in [-0.1, -0.05) is 5.57 Å². The van der Waals surface area contributed by atoms with E-state index in [1.807, 2.05) is 6.92 Å². The number of fused-ring (bicyclic) bond motifs is 2. The molecule has 2 amide bonds. The van der Waals surface area contributed by atoms with Crippen molar-refractivity contribution in [3.63, 3.8) is 0 Å². The molecule has 0 aromatic rings. The summed E-state index contributed by atoms with van der Waals surface area (Å²) in [5, 5.41) is 22.4. The van der Waals surface area contributed by atoms with Crippen LogP contribution in [0.2, 0.25) is 0 Å². The highest BCUT2D eigenvalue weighted by Gasteiger charge is 2.42. The van der Waals surface area contributed by atoms with Crippen molar-refractivity contribution in [1.29, 1.82) is 5.26 Å². The molecule has 2 saturated heterocycles. The van der Waals surface area contributed by atoms with E-state index in [9.17, 15) is 9.59 Å². The van der Waals surface area contributed by atoms with Crippen molar-refractivity contribution in [3.8, 4) is 6.07 Å². The van der Waals surface area contributed by atoms with Crippen LogP contribution in [0, 0.1) is 29.1 Å². The zero-order valence-corrected chi connectivity index (χ0v) is 16.8. The summed E-state index contributed by atoms with van der Waals surface area (Å²) < 4.78 is 0. The summed E-state index contributed by atoms with van der Waals surface area (Å²) in [6.07, 6.45) is 3.96. The highest BCUT2D eigenvalue weighted by Crippen LogP contribution is 2.35. The quantitative estimate of drug-likeness (QED) is 0.569. The Bertz CT molecular complexity index is 727. The third-order valence-electron chi connectivity index (χ3n) is 7.30. The molecule has 6 unspecified atom stereocenters. The lowest BCUT2D eigenvalue weighted by molar-refractivity contribution is -0.124. The fourth-order valence-corrected chi connectivity index (χ4v) is 5.88. The number of carbonyl (C=O) groups is 2. The standard InChI is InChI=1S/C21H31N5O2/c1-11-15(21(28)26-16-5-6-23-12(2)19(11)16)8-18(27)25-17-4-3-14-7-13(9-22)10-24-20(14)17/h12-14,16-17,19-20,23-24H,3-8,10H2,1-2H3,(H,25,27)(H,26,28)/t12?,13?,14?,16?,17-,19?,20?/m0/s1. The molecule has 3 aliphatic heterocycles. The van der Waals surface area contributed by atoms with Gasteiger partial charge in [-0.05, 0) is 52.0 Å². The van der Waals surface area contributed by atoms with E-state index in [-0.39, 0.29) is 48.2 Å². The van der Waals surface area contributed by atoms with Crippen molar-refractivity contribution < 1.29 is 9.59 Å². The SMILES string of the molecule is CC1=C(CC(=O)N[C@H]2CCC3CC(C#N)CNC32)C(=O)NC2CCNC(C)C12. The van der Waals surface area contributed by atoms with E-state index in [0.717, 1.165) is 37.8 Å². The van der Waals surface area contributed by atoms with Gasteiger partial charge in [-0.2, -0.15) is 5.26 Å². The molecule has 7 atom stereocenters. The number of hydrogen-bond acceptors (Lipinski definition) is 5. The van der Waals surface area contributed by atoms with Crippen molar-refractivity contribution in [2.45, 2.75) is 70.1 Å². The number of nitriles is 1. The van der Waals surface area contributed by atoms with Gasteiger partial charge in [0.15, 0.2) is 0 Å². The van der Waals surface area contributed by atoms with E-state index in [2.05, 4.69) is 34.3 Å². The van der Waals surface area contributed by atoms with Crippen molar-refractivity contribution in [2.75, 3.05) is 13.1 Å². The van der Waals surface area contributed by atoms with Crippen LogP contribution < -0.4 is 21.3 Å². The Morgan fingerprint density at radius 3 is 2.89 bits per heavy atom. The molecular formula is C21H31N5O2. The molecule has 7 nitrogen and oxygen atoms in total. The van der Waals surface area contributed by atoms with Crippen molar-refractivity contribution >= 4 is 11.8 Å². The maximum atomic E-state index is 12.8. The summed E-state index contributed by atoms with van der Waals surface area (Å²) in [5.41, 5.74) is 1.69. The van der Waals surface area contributed by atoms with Gasteiger partial charge in [0, 0.05) is 42.2 Å². The molecule has 4 N–H and O–H groups in total. The number of hydrogen-bond donors (Lipinski definition) is 4. The van der Waals surface area contributed by atoms with E-state index in [4.69, 9.17) is 5.26 Å². The Kier molecular flexibility index (Phi) is 5.44. The molecular weight excluding hydrogens is 354 g/mol. The zero-order chi connectivity index (χ0) is 19.8. The van der Waals surface area contributed by atoms with Crippen LogP contribution in [0.1, 0.15) is 46.0 Å². The number of rotatable bonds is 3. The van der Waals surface area contributed by atoms with Gasteiger partial charge in [0.2, 0.25) is 11.8 Å². The van der Waals surface area contributed by atoms with E-state index >= 15 is 0 Å². The minimum atomic E-state index is -0.0834. The number of nitrogens with one attached hydrogen (secondary N) is 4. The molecule has 0 aromatic carbocycles. The average Bonchev–Trinajstić information content (AvgIpc) is 3.06. The van der Waals surface area contributed by atoms with E-state index in [1.54, 1.807) is 0 Å². The van der Waals surface area contributed by atoms with Crippen LogP contribution in [0.25, 0.3) is 0 Å². The molecule has 152 valence electrons. The second kappa shape index (κ2) is 7.84. The minimum absolute atomic E-state index is 0.0748. The van der Waals surface area contributed by atoms with Gasteiger partial charge >= 0.3 is 0 Å². The first-order chi connectivity index (χ1) is 13.5. The third kappa shape index (κ3) is 3.56. The lowest BCUT2D eigenvalue weighted by atomic mass is 9.76. The molecule has 1 aliphatic carbocycles. The second-order valence-electron chi connectivity index (χ2n) is 8.98. The molecule has 7 heteroatoms. The molecule has 0 aromatic heterocycles. The number of amides is 2. The summed E-state index contributed by atoms with van der Waals surface area (Å²) in [6, 6.07) is 3.16. The molecule has 0 radical (unpaired) electrons. The smallest absolute Gasteiger partial charge is 0.247 e. The van der Waals surface area contributed by atoms with Gasteiger partial charge in [-0.15, -0.1) is 0 Å². The van der Waals surface area contributed by atoms with Crippen LogP contribution in [0.3, 0.4) is 0 Å². The summed E-state index contributed by atoms with van der Waals surface area (Å²) in [6.45, 7) is 5.77. The maximum absolute atomic E-state index is 12.8. The summed E-state index contributed by atoms with van der Waals surface area (Å²) in [7, 11) is 0. The average molecular weight is 386 g/mol. The maximum Gasteiger partial charge on any atom is 0.247 e. The van der Waals surface area contributed by atoms with Crippen LogP contribution in [0.5, 0.6) is 0 Å². The highest BCUT2D eigenvalue weighted by atomic mass is 16.2. The largest absolute Gasteiger partial charge is 0.352 e. The summed E-state index contributed by atoms with van der Waals surface area (Å²) in [5.74, 6) is 0.633. The Balaban J connectivity index is 1.40. The van der Waals surface area contributed by atoms with Crippen LogP contribution in [0.4, 0.5) is 0 Å². The minimum Gasteiger partial charge on any atom is -0.352 e. The van der Waals surface area contributed by atoms with Crippen LogP contribution in [0.15, 0.2) is 11.1 Å². The first-order valence-electron chi connectivity index (χ1n) is 10.6. The van der Waals surface area contributed by atoms with Gasteiger partial charge < -0.3 is 21.3 Å². The van der Waals surface area contributed by atoms with Crippen molar-refractivity contribution in [3.05, 3.63) is 11.1 Å². The molecule has 28 heavy (non-hydrogen) atoms.